The Bertz CT molecular complexity index is 675. The molecule has 0 aliphatic heterocycles. The maximum atomic E-state index is 13.2. The number of alkyl halides is 3. The number of pyridine rings is 1. The summed E-state index contributed by atoms with van der Waals surface area (Å²) < 4.78 is 44.9. The van der Waals surface area contributed by atoms with Gasteiger partial charge in [-0.25, -0.2) is 14.2 Å². The second-order valence-corrected chi connectivity index (χ2v) is 4.73. The molecule has 0 spiro atoms. The van der Waals surface area contributed by atoms with Crippen LogP contribution in [0.25, 0.3) is 0 Å². The third-order valence-corrected chi connectivity index (χ3v) is 2.79. The predicted octanol–water partition coefficient (Wildman–Crippen LogP) is 3.68. The average Bonchev–Trinajstić information content (AvgIpc) is 2.45. The normalized spacial score (nSPS) is 10.7. The van der Waals surface area contributed by atoms with Crippen LogP contribution in [0, 0.1) is 5.82 Å². The fourth-order valence-electron chi connectivity index (χ4n) is 1.43. The number of nitrogens with two attached hydrogens (primary N) is 1. The molecule has 0 radical (unpaired) electrons. The van der Waals surface area contributed by atoms with Crippen molar-refractivity contribution in [2.24, 2.45) is 0 Å². The fraction of sp³-hybridized carbons (Fsp3) is 0.143. The Kier molecular flexibility index (Phi) is 6.32. The molecule has 1 aromatic heterocycles. The highest BCUT2D eigenvalue weighted by atomic mass is 35.5. The van der Waals surface area contributed by atoms with E-state index in [4.69, 9.17) is 27.2 Å². The molecule has 1 aromatic carbocycles. The zero-order valence-electron chi connectivity index (χ0n) is 11.4. The van der Waals surface area contributed by atoms with Gasteiger partial charge in [-0.15, -0.1) is 0 Å². The van der Waals surface area contributed by atoms with Crippen molar-refractivity contribution in [3.8, 4) is 0 Å². The number of carboxylic acid groups (broad SMARTS) is 1. The summed E-state index contributed by atoms with van der Waals surface area (Å²) in [6.45, 7) is 0. The van der Waals surface area contributed by atoms with Crippen molar-refractivity contribution in [1.29, 1.82) is 0 Å². The van der Waals surface area contributed by atoms with Gasteiger partial charge in [0.25, 0.3) is 0 Å². The minimum atomic E-state index is -5.08. The fourth-order valence-corrected chi connectivity index (χ4v) is 1.54. The molecule has 124 valence electrons. The van der Waals surface area contributed by atoms with Crippen molar-refractivity contribution in [1.82, 2.24) is 4.98 Å². The van der Waals surface area contributed by atoms with E-state index in [-0.39, 0.29) is 5.02 Å². The highest BCUT2D eigenvalue weighted by Gasteiger charge is 2.38. The SMILES string of the molecule is Nc1ccc(Cc2ccc(Cl)c(F)c2)cn1.O=C(O)C(F)(F)F. The van der Waals surface area contributed by atoms with Crippen molar-refractivity contribution >= 4 is 23.4 Å². The van der Waals surface area contributed by atoms with Gasteiger partial charge in [-0.1, -0.05) is 23.7 Å². The predicted molar refractivity (Wildman–Crippen MR) is 76.6 cm³/mol. The molecule has 0 bridgehead atoms. The van der Waals surface area contributed by atoms with Crippen molar-refractivity contribution in [2.75, 3.05) is 5.73 Å². The quantitative estimate of drug-likeness (QED) is 0.810. The van der Waals surface area contributed by atoms with E-state index in [0.717, 1.165) is 11.1 Å². The lowest BCUT2D eigenvalue weighted by molar-refractivity contribution is -0.192. The van der Waals surface area contributed by atoms with Crippen molar-refractivity contribution < 1.29 is 27.5 Å². The molecule has 1 heterocycles. The zero-order chi connectivity index (χ0) is 17.6. The van der Waals surface area contributed by atoms with Crippen LogP contribution in [0.1, 0.15) is 11.1 Å². The van der Waals surface area contributed by atoms with E-state index in [2.05, 4.69) is 4.98 Å². The van der Waals surface area contributed by atoms with Gasteiger partial charge in [-0.2, -0.15) is 13.2 Å². The minimum Gasteiger partial charge on any atom is -0.475 e. The summed E-state index contributed by atoms with van der Waals surface area (Å²) >= 11 is 5.60. The van der Waals surface area contributed by atoms with Gasteiger partial charge in [-0.3, -0.25) is 0 Å². The van der Waals surface area contributed by atoms with E-state index in [1.165, 1.54) is 6.07 Å². The maximum absolute atomic E-state index is 13.2. The van der Waals surface area contributed by atoms with Crippen LogP contribution in [-0.2, 0) is 11.2 Å². The number of benzene rings is 1. The molecule has 0 amide bonds. The van der Waals surface area contributed by atoms with Gasteiger partial charge in [-0.05, 0) is 35.7 Å². The highest BCUT2D eigenvalue weighted by molar-refractivity contribution is 6.30. The summed E-state index contributed by atoms with van der Waals surface area (Å²) in [5.41, 5.74) is 7.31. The van der Waals surface area contributed by atoms with Crippen LogP contribution < -0.4 is 5.73 Å². The van der Waals surface area contributed by atoms with Gasteiger partial charge in [0.2, 0.25) is 0 Å². The number of nitrogens with zero attached hydrogens (tertiary/aromatic N) is 1. The third-order valence-electron chi connectivity index (χ3n) is 2.48. The monoisotopic (exact) mass is 350 g/mol. The van der Waals surface area contributed by atoms with E-state index in [1.54, 1.807) is 24.4 Å². The van der Waals surface area contributed by atoms with Crippen LogP contribution in [0.2, 0.25) is 5.02 Å². The van der Waals surface area contributed by atoms with Crippen molar-refractivity contribution in [3.63, 3.8) is 0 Å². The Morgan fingerprint density at radius 3 is 2.22 bits per heavy atom. The molecular formula is C14H11ClF4N2O2. The number of rotatable bonds is 2. The van der Waals surface area contributed by atoms with E-state index in [0.29, 0.717) is 12.2 Å². The number of nitrogen functional groups attached to an aromatic ring is 1. The lowest BCUT2D eigenvalue weighted by atomic mass is 10.1. The molecule has 2 rings (SSSR count). The number of carboxylic acids is 1. The summed E-state index contributed by atoms with van der Waals surface area (Å²) in [7, 11) is 0. The summed E-state index contributed by atoms with van der Waals surface area (Å²) in [5.74, 6) is -2.68. The molecule has 0 saturated carbocycles. The molecule has 0 atom stereocenters. The number of hydrogen-bond acceptors (Lipinski definition) is 3. The topological polar surface area (TPSA) is 76.2 Å². The summed E-state index contributed by atoms with van der Waals surface area (Å²) in [6.07, 6.45) is -2.79. The minimum absolute atomic E-state index is 0.138. The van der Waals surface area contributed by atoms with E-state index in [9.17, 15) is 17.6 Å². The van der Waals surface area contributed by atoms with E-state index in [1.807, 2.05) is 6.07 Å². The zero-order valence-corrected chi connectivity index (χ0v) is 12.2. The Morgan fingerprint density at radius 1 is 1.22 bits per heavy atom. The molecule has 2 aromatic rings. The van der Waals surface area contributed by atoms with Crippen LogP contribution in [-0.4, -0.2) is 22.2 Å². The van der Waals surface area contributed by atoms with Crippen LogP contribution in [0.5, 0.6) is 0 Å². The number of aliphatic carboxylic acids is 1. The van der Waals surface area contributed by atoms with E-state index < -0.39 is 18.0 Å². The largest absolute Gasteiger partial charge is 0.490 e. The first-order chi connectivity index (χ1) is 10.6. The number of hydrogen-bond donors (Lipinski definition) is 2. The maximum Gasteiger partial charge on any atom is 0.490 e. The van der Waals surface area contributed by atoms with Gasteiger partial charge in [0.05, 0.1) is 5.02 Å². The number of halogens is 5. The number of carbonyl (C=O) groups is 1. The Hall–Kier alpha value is -2.35. The number of aromatic nitrogens is 1. The highest BCUT2D eigenvalue weighted by Crippen LogP contribution is 2.18. The second-order valence-electron chi connectivity index (χ2n) is 4.32. The van der Waals surface area contributed by atoms with E-state index >= 15 is 0 Å². The summed E-state index contributed by atoms with van der Waals surface area (Å²) in [6, 6.07) is 8.37. The number of anilines is 1. The van der Waals surface area contributed by atoms with Crippen LogP contribution in [0.3, 0.4) is 0 Å². The standard InChI is InChI=1S/C12H10ClFN2.C2HF3O2/c13-10-3-1-8(6-11(10)14)5-9-2-4-12(15)16-7-9;3-2(4,5)1(6)7/h1-4,6-7H,5H2,(H2,15,16);(H,6,7). The molecule has 3 N–H and O–H groups in total. The molecule has 0 saturated heterocycles. The Morgan fingerprint density at radius 2 is 1.78 bits per heavy atom. The van der Waals surface area contributed by atoms with Gasteiger partial charge in [0, 0.05) is 6.20 Å². The molecule has 0 aliphatic carbocycles. The van der Waals surface area contributed by atoms with Crippen LogP contribution in [0.15, 0.2) is 36.5 Å². The molecule has 0 unspecified atom stereocenters. The lowest BCUT2D eigenvalue weighted by Crippen LogP contribution is -2.21. The van der Waals surface area contributed by atoms with Gasteiger partial charge in [0.15, 0.2) is 0 Å². The molecule has 23 heavy (non-hydrogen) atoms. The van der Waals surface area contributed by atoms with Gasteiger partial charge < -0.3 is 10.8 Å². The second kappa shape index (κ2) is 7.77. The Balaban J connectivity index is 0.000000322. The molecule has 0 aliphatic rings. The smallest absolute Gasteiger partial charge is 0.475 e. The van der Waals surface area contributed by atoms with Crippen molar-refractivity contribution in [2.45, 2.75) is 12.6 Å². The molecule has 4 nitrogen and oxygen atoms in total. The first-order valence-corrected chi connectivity index (χ1v) is 6.42. The molecular weight excluding hydrogens is 340 g/mol. The van der Waals surface area contributed by atoms with Gasteiger partial charge in [0.1, 0.15) is 11.6 Å². The van der Waals surface area contributed by atoms with Crippen molar-refractivity contribution in [3.05, 3.63) is 58.5 Å². The first-order valence-electron chi connectivity index (χ1n) is 6.04. The van der Waals surface area contributed by atoms with Gasteiger partial charge >= 0.3 is 12.1 Å². The van der Waals surface area contributed by atoms with Crippen LogP contribution >= 0.6 is 11.6 Å². The lowest BCUT2D eigenvalue weighted by Gasteiger charge is -2.03. The van der Waals surface area contributed by atoms with Crippen LogP contribution in [0.4, 0.5) is 23.4 Å². The first kappa shape index (κ1) is 18.7. The summed E-state index contributed by atoms with van der Waals surface area (Å²) in [4.78, 5) is 12.9. The molecule has 9 heteroatoms. The Labute approximate surface area is 133 Å². The third kappa shape index (κ3) is 6.52. The summed E-state index contributed by atoms with van der Waals surface area (Å²) in [5, 5.41) is 7.26. The average molecular weight is 351 g/mol. The molecule has 0 fully saturated rings.